The zero-order chi connectivity index (χ0) is 23.5. The highest BCUT2D eigenvalue weighted by Crippen LogP contribution is 2.38. The molecule has 170 valence electrons. The first-order valence-electron chi connectivity index (χ1n) is 9.77. The molecule has 0 atom stereocenters. The first kappa shape index (κ1) is 21.2. The molecule has 2 aromatic heterocycles. The Balaban J connectivity index is 1.47. The van der Waals surface area contributed by atoms with E-state index in [2.05, 4.69) is 9.71 Å². The van der Waals surface area contributed by atoms with Crippen LogP contribution in [0.25, 0.3) is 22.4 Å². The molecule has 3 heterocycles. The number of hydrogen-bond acceptors (Lipinski definition) is 8. The number of sulfonamides is 1. The monoisotopic (exact) mass is 486 g/mol. The van der Waals surface area contributed by atoms with Gasteiger partial charge in [-0.05, 0) is 37.3 Å². The second-order valence-corrected chi connectivity index (χ2v) is 10.4. The van der Waals surface area contributed by atoms with Crippen molar-refractivity contribution in [1.29, 1.82) is 0 Å². The lowest BCUT2D eigenvalue weighted by Crippen LogP contribution is -2.35. The number of amides is 1. The Morgan fingerprint density at radius 2 is 1.91 bits per heavy atom. The first-order valence-corrected chi connectivity index (χ1v) is 12.1. The highest BCUT2D eigenvalue weighted by atomic mass is 32.2. The number of rotatable bonds is 4. The second-order valence-electron chi connectivity index (χ2n) is 7.51. The number of fused-ring (bicyclic) bond motifs is 2. The number of aromatic nitrogens is 2. The summed E-state index contributed by atoms with van der Waals surface area (Å²) in [5.41, 5.74) is 2.61. The molecule has 0 unspecified atom stereocenters. The van der Waals surface area contributed by atoms with E-state index in [0.717, 1.165) is 10.4 Å². The van der Waals surface area contributed by atoms with Crippen LogP contribution in [0.15, 0.2) is 50.5 Å². The molecule has 4 aromatic rings. The van der Waals surface area contributed by atoms with E-state index in [1.165, 1.54) is 39.0 Å². The van der Waals surface area contributed by atoms with Crippen LogP contribution in [0, 0.1) is 6.92 Å². The van der Waals surface area contributed by atoms with Crippen LogP contribution in [0.4, 0.5) is 10.8 Å². The van der Waals surface area contributed by atoms with Crippen LogP contribution in [0.5, 0.6) is 5.75 Å². The number of ether oxygens (including phenoxy) is 1. The summed E-state index contributed by atoms with van der Waals surface area (Å²) in [6, 6.07) is 9.58. The maximum absolute atomic E-state index is 12.9. The number of thiazole rings is 1. The fraction of sp³-hybridized carbons (Fsp3) is 0.190. The molecule has 0 fully saturated rings. The molecule has 12 heteroatoms. The molecule has 0 radical (unpaired) electrons. The van der Waals surface area contributed by atoms with Gasteiger partial charge in [0, 0.05) is 30.6 Å². The topological polar surface area (TPSA) is 124 Å². The van der Waals surface area contributed by atoms with Crippen molar-refractivity contribution in [3.05, 3.63) is 51.8 Å². The number of benzene rings is 2. The average Bonchev–Trinajstić information content (AvgIpc) is 3.28. The number of hydrogen-bond donors (Lipinski definition) is 1. The molecule has 2 aromatic carbocycles. The first-order chi connectivity index (χ1) is 15.6. The maximum atomic E-state index is 12.9. The van der Waals surface area contributed by atoms with Gasteiger partial charge < -0.3 is 14.1 Å². The minimum Gasteiger partial charge on any atom is -0.482 e. The van der Waals surface area contributed by atoms with Gasteiger partial charge in [0.2, 0.25) is 0 Å². The Labute approximate surface area is 192 Å². The van der Waals surface area contributed by atoms with E-state index < -0.39 is 15.8 Å². The van der Waals surface area contributed by atoms with E-state index in [-0.39, 0.29) is 28.1 Å². The number of anilines is 2. The lowest BCUT2D eigenvalue weighted by Gasteiger charge is -2.26. The quantitative estimate of drug-likeness (QED) is 0.470. The fourth-order valence-corrected chi connectivity index (χ4v) is 5.67. The smallest absolute Gasteiger partial charge is 0.419 e. The Hall–Kier alpha value is -3.64. The largest absolute Gasteiger partial charge is 0.482 e. The number of carbonyl (C=O) groups is 1. The Kier molecular flexibility index (Phi) is 4.79. The lowest BCUT2D eigenvalue weighted by molar-refractivity contribution is -0.120. The van der Waals surface area contributed by atoms with Gasteiger partial charge >= 0.3 is 5.76 Å². The third-order valence-electron chi connectivity index (χ3n) is 5.41. The highest BCUT2D eigenvalue weighted by molar-refractivity contribution is 7.93. The van der Waals surface area contributed by atoms with E-state index in [1.54, 1.807) is 26.2 Å². The van der Waals surface area contributed by atoms with Gasteiger partial charge in [-0.2, -0.15) is 0 Å². The van der Waals surface area contributed by atoms with E-state index in [0.29, 0.717) is 22.6 Å². The zero-order valence-electron chi connectivity index (χ0n) is 17.8. The highest BCUT2D eigenvalue weighted by Gasteiger charge is 2.24. The van der Waals surface area contributed by atoms with E-state index in [4.69, 9.17) is 9.15 Å². The molecule has 0 bridgehead atoms. The predicted octanol–water partition coefficient (Wildman–Crippen LogP) is 2.72. The summed E-state index contributed by atoms with van der Waals surface area (Å²) in [5.74, 6) is -0.137. The summed E-state index contributed by atoms with van der Waals surface area (Å²) >= 11 is 1.19. The van der Waals surface area contributed by atoms with Gasteiger partial charge in [-0.1, -0.05) is 0 Å². The van der Waals surface area contributed by atoms with Crippen LogP contribution in [-0.4, -0.2) is 37.5 Å². The number of likely N-dealkylation sites (N-methyl/N-ethyl adjacent to an activating group) is 1. The van der Waals surface area contributed by atoms with Crippen LogP contribution in [0.1, 0.15) is 4.88 Å². The van der Waals surface area contributed by atoms with Gasteiger partial charge in [0.25, 0.3) is 15.9 Å². The standard InChI is InChI=1S/C21H18N4O6S2/c1-11-19(12-4-7-16-15(8-12)24(2)18(26)10-30-16)22-20(32-11)23-33(28,29)13-5-6-14-17(9-13)31-21(27)25(14)3/h4-9H,10H2,1-3H3,(H,22,23). The van der Waals surface area contributed by atoms with Gasteiger partial charge in [-0.25, -0.2) is 18.2 Å². The van der Waals surface area contributed by atoms with Gasteiger partial charge in [0.1, 0.15) is 5.75 Å². The number of carbonyl (C=O) groups excluding carboxylic acids is 1. The molecule has 1 aliphatic rings. The van der Waals surface area contributed by atoms with Crippen LogP contribution < -0.4 is 20.1 Å². The van der Waals surface area contributed by atoms with Crippen molar-refractivity contribution < 1.29 is 22.4 Å². The number of nitrogens with one attached hydrogen (secondary N) is 1. The van der Waals surface area contributed by atoms with E-state index in [9.17, 15) is 18.0 Å². The zero-order valence-corrected chi connectivity index (χ0v) is 19.4. The SMILES string of the molecule is Cc1sc(NS(=O)(=O)c2ccc3c(c2)oc(=O)n3C)nc1-c1ccc2c(c1)N(C)C(=O)CO2. The molecule has 5 rings (SSSR count). The van der Waals surface area contributed by atoms with Crippen molar-refractivity contribution in [2.24, 2.45) is 7.05 Å². The van der Waals surface area contributed by atoms with Crippen LogP contribution in [0.2, 0.25) is 0 Å². The molecule has 0 saturated carbocycles. The normalized spacial score (nSPS) is 13.8. The summed E-state index contributed by atoms with van der Waals surface area (Å²) in [7, 11) is -0.755. The summed E-state index contributed by atoms with van der Waals surface area (Å²) < 4.78 is 40.2. The molecule has 33 heavy (non-hydrogen) atoms. The van der Waals surface area contributed by atoms with Crippen LogP contribution in [0.3, 0.4) is 0 Å². The van der Waals surface area contributed by atoms with E-state index in [1.807, 2.05) is 13.0 Å². The third-order valence-corrected chi connectivity index (χ3v) is 7.76. The van der Waals surface area contributed by atoms with Gasteiger partial charge in [-0.3, -0.25) is 14.1 Å². The second kappa shape index (κ2) is 7.46. The molecule has 0 spiro atoms. The summed E-state index contributed by atoms with van der Waals surface area (Å²) in [6.45, 7) is 1.82. The molecule has 0 saturated heterocycles. The third kappa shape index (κ3) is 3.56. The minimum atomic E-state index is -3.97. The minimum absolute atomic E-state index is 0.0112. The van der Waals surface area contributed by atoms with Gasteiger partial charge in [0.15, 0.2) is 17.3 Å². The van der Waals surface area contributed by atoms with E-state index >= 15 is 0 Å². The van der Waals surface area contributed by atoms with Crippen molar-refractivity contribution in [2.45, 2.75) is 11.8 Å². The van der Waals surface area contributed by atoms with Crippen molar-refractivity contribution in [1.82, 2.24) is 9.55 Å². The van der Waals surface area contributed by atoms with Gasteiger partial charge in [0.05, 0.1) is 21.8 Å². The lowest BCUT2D eigenvalue weighted by atomic mass is 10.1. The maximum Gasteiger partial charge on any atom is 0.419 e. The molecule has 1 amide bonds. The Morgan fingerprint density at radius 1 is 1.12 bits per heavy atom. The van der Waals surface area contributed by atoms with Crippen LogP contribution in [-0.2, 0) is 21.9 Å². The molecule has 0 aliphatic carbocycles. The van der Waals surface area contributed by atoms with Crippen molar-refractivity contribution in [2.75, 3.05) is 23.3 Å². The Morgan fingerprint density at radius 3 is 2.70 bits per heavy atom. The summed E-state index contributed by atoms with van der Waals surface area (Å²) in [4.78, 5) is 30.4. The van der Waals surface area contributed by atoms with Crippen molar-refractivity contribution in [3.63, 3.8) is 0 Å². The Bertz CT molecular complexity index is 1600. The average molecular weight is 487 g/mol. The summed E-state index contributed by atoms with van der Waals surface area (Å²) in [6.07, 6.45) is 0. The molecular formula is C21H18N4O6S2. The summed E-state index contributed by atoms with van der Waals surface area (Å²) in [5, 5.41) is 0.190. The number of nitrogens with zero attached hydrogens (tertiary/aromatic N) is 3. The number of aryl methyl sites for hydroxylation is 2. The van der Waals surface area contributed by atoms with Crippen LogP contribution >= 0.6 is 11.3 Å². The predicted molar refractivity (Wildman–Crippen MR) is 123 cm³/mol. The molecule has 1 aliphatic heterocycles. The van der Waals surface area contributed by atoms with Gasteiger partial charge in [-0.15, -0.1) is 11.3 Å². The number of oxazole rings is 1. The van der Waals surface area contributed by atoms with Crippen molar-refractivity contribution >= 4 is 49.2 Å². The molecule has 1 N–H and O–H groups in total. The molecular weight excluding hydrogens is 468 g/mol. The van der Waals surface area contributed by atoms with Crippen molar-refractivity contribution in [3.8, 4) is 17.0 Å². The molecule has 10 nitrogen and oxygen atoms in total. The fourth-order valence-electron chi connectivity index (χ4n) is 3.58.